The van der Waals surface area contributed by atoms with Gasteiger partial charge in [-0.1, -0.05) is 29.8 Å². The van der Waals surface area contributed by atoms with Crippen LogP contribution in [0, 0.1) is 17.7 Å². The normalized spacial score (nSPS) is 19.4. The molecule has 0 spiro atoms. The van der Waals surface area contributed by atoms with Crippen molar-refractivity contribution in [1.29, 1.82) is 0 Å². The standard InChI is InChI=1S/C21H22ClFN2O2/c1-25(17-5-3-2-4-6-17)21(27)15-9-7-14(8-10-15)20(26)24-16-11-12-19(23)18(22)13-16/h2-6,11-15H,7-10H2,1H3,(H,24,26). The van der Waals surface area contributed by atoms with Crippen LogP contribution in [0.2, 0.25) is 5.02 Å². The molecule has 2 aromatic carbocycles. The molecule has 4 nitrogen and oxygen atoms in total. The van der Waals surface area contributed by atoms with E-state index in [0.717, 1.165) is 5.69 Å². The van der Waals surface area contributed by atoms with Crippen LogP contribution >= 0.6 is 11.6 Å². The summed E-state index contributed by atoms with van der Waals surface area (Å²) in [7, 11) is 1.79. The summed E-state index contributed by atoms with van der Waals surface area (Å²) >= 11 is 5.75. The van der Waals surface area contributed by atoms with Crippen LogP contribution in [0.4, 0.5) is 15.8 Å². The second-order valence-corrected chi connectivity index (χ2v) is 7.31. The number of hydrogen-bond acceptors (Lipinski definition) is 2. The molecule has 1 aliphatic rings. The van der Waals surface area contributed by atoms with Crippen molar-refractivity contribution in [1.82, 2.24) is 0 Å². The monoisotopic (exact) mass is 388 g/mol. The molecule has 0 aromatic heterocycles. The van der Waals surface area contributed by atoms with E-state index in [4.69, 9.17) is 11.6 Å². The summed E-state index contributed by atoms with van der Waals surface area (Å²) in [6.07, 6.45) is 2.66. The van der Waals surface area contributed by atoms with Gasteiger partial charge in [0.25, 0.3) is 0 Å². The van der Waals surface area contributed by atoms with E-state index >= 15 is 0 Å². The average molecular weight is 389 g/mol. The van der Waals surface area contributed by atoms with Gasteiger partial charge >= 0.3 is 0 Å². The van der Waals surface area contributed by atoms with Gasteiger partial charge in [0.15, 0.2) is 0 Å². The van der Waals surface area contributed by atoms with Crippen molar-refractivity contribution in [2.45, 2.75) is 25.7 Å². The van der Waals surface area contributed by atoms with Crippen molar-refractivity contribution in [2.24, 2.45) is 11.8 Å². The summed E-state index contributed by atoms with van der Waals surface area (Å²) < 4.78 is 13.2. The summed E-state index contributed by atoms with van der Waals surface area (Å²) in [6.45, 7) is 0. The zero-order valence-electron chi connectivity index (χ0n) is 15.1. The number of carbonyl (C=O) groups excluding carboxylic acids is 2. The van der Waals surface area contributed by atoms with E-state index in [1.54, 1.807) is 11.9 Å². The molecule has 0 unspecified atom stereocenters. The van der Waals surface area contributed by atoms with Gasteiger partial charge in [0.05, 0.1) is 5.02 Å². The largest absolute Gasteiger partial charge is 0.326 e. The smallest absolute Gasteiger partial charge is 0.229 e. The van der Waals surface area contributed by atoms with Gasteiger partial charge in [-0.3, -0.25) is 9.59 Å². The lowest BCUT2D eigenvalue weighted by Crippen LogP contribution is -2.36. The molecule has 0 heterocycles. The zero-order chi connectivity index (χ0) is 19.4. The number of nitrogens with one attached hydrogen (secondary N) is 1. The first-order chi connectivity index (χ1) is 13.0. The van der Waals surface area contributed by atoms with Gasteiger partial charge in [0.1, 0.15) is 5.82 Å². The Bertz CT molecular complexity index is 820. The predicted octanol–water partition coefficient (Wildman–Crippen LogP) is 4.89. The van der Waals surface area contributed by atoms with Crippen molar-refractivity contribution < 1.29 is 14.0 Å². The molecule has 2 aromatic rings. The Kier molecular flexibility index (Phi) is 6.11. The molecule has 142 valence electrons. The quantitative estimate of drug-likeness (QED) is 0.810. The zero-order valence-corrected chi connectivity index (χ0v) is 15.9. The SMILES string of the molecule is CN(C(=O)C1CCC(C(=O)Nc2ccc(F)c(Cl)c2)CC1)c1ccccc1. The topological polar surface area (TPSA) is 49.4 Å². The van der Waals surface area contributed by atoms with E-state index in [0.29, 0.717) is 31.4 Å². The van der Waals surface area contributed by atoms with Crippen molar-refractivity contribution in [3.63, 3.8) is 0 Å². The fraction of sp³-hybridized carbons (Fsp3) is 0.333. The summed E-state index contributed by atoms with van der Waals surface area (Å²) in [6, 6.07) is 13.7. The van der Waals surface area contributed by atoms with E-state index < -0.39 is 5.82 Å². The Balaban J connectivity index is 1.54. The van der Waals surface area contributed by atoms with Crippen LogP contribution in [0.15, 0.2) is 48.5 Å². The highest BCUT2D eigenvalue weighted by Gasteiger charge is 2.31. The number of amides is 2. The van der Waals surface area contributed by atoms with Gasteiger partial charge in [-0.15, -0.1) is 0 Å². The summed E-state index contributed by atoms with van der Waals surface area (Å²) in [5, 5.41) is 2.76. The summed E-state index contributed by atoms with van der Waals surface area (Å²) in [4.78, 5) is 26.8. The van der Waals surface area contributed by atoms with Crippen molar-refractivity contribution in [3.05, 3.63) is 59.4 Å². The number of nitrogens with zero attached hydrogens (tertiary/aromatic N) is 1. The van der Waals surface area contributed by atoms with Crippen LogP contribution in [-0.2, 0) is 9.59 Å². The van der Waals surface area contributed by atoms with Crippen molar-refractivity contribution >= 4 is 34.8 Å². The molecule has 3 rings (SSSR count). The number of halogens is 2. The maximum absolute atomic E-state index is 13.2. The van der Waals surface area contributed by atoms with E-state index in [1.165, 1.54) is 18.2 Å². The maximum atomic E-state index is 13.2. The number of anilines is 2. The highest BCUT2D eigenvalue weighted by atomic mass is 35.5. The second kappa shape index (κ2) is 8.53. The minimum Gasteiger partial charge on any atom is -0.326 e. The minimum atomic E-state index is -0.517. The first-order valence-electron chi connectivity index (χ1n) is 9.04. The molecule has 1 aliphatic carbocycles. The molecule has 27 heavy (non-hydrogen) atoms. The molecule has 0 atom stereocenters. The van der Waals surface area contributed by atoms with Gasteiger partial charge in [-0.25, -0.2) is 4.39 Å². The Morgan fingerprint density at radius 3 is 2.30 bits per heavy atom. The molecule has 6 heteroatoms. The number of para-hydroxylation sites is 1. The number of carbonyl (C=O) groups is 2. The Labute approximate surface area is 163 Å². The van der Waals surface area contributed by atoms with Crippen LogP contribution in [0.5, 0.6) is 0 Å². The van der Waals surface area contributed by atoms with Crippen LogP contribution in [0.25, 0.3) is 0 Å². The third-order valence-corrected chi connectivity index (χ3v) is 5.40. The Hall–Kier alpha value is -2.40. The van der Waals surface area contributed by atoms with Gasteiger partial charge < -0.3 is 10.2 Å². The molecule has 2 amide bonds. The maximum Gasteiger partial charge on any atom is 0.229 e. The molecular weight excluding hydrogens is 367 g/mol. The predicted molar refractivity (Wildman–Crippen MR) is 105 cm³/mol. The van der Waals surface area contributed by atoms with Gasteiger partial charge in [-0.2, -0.15) is 0 Å². The van der Waals surface area contributed by atoms with Gasteiger partial charge in [-0.05, 0) is 56.0 Å². The van der Waals surface area contributed by atoms with Gasteiger partial charge in [0.2, 0.25) is 11.8 Å². The number of hydrogen-bond donors (Lipinski definition) is 1. The molecule has 0 saturated heterocycles. The molecule has 0 radical (unpaired) electrons. The van der Waals surface area contributed by atoms with E-state index in [-0.39, 0.29) is 28.7 Å². The fourth-order valence-corrected chi connectivity index (χ4v) is 3.65. The van der Waals surface area contributed by atoms with E-state index in [9.17, 15) is 14.0 Å². The Morgan fingerprint density at radius 1 is 1.04 bits per heavy atom. The number of rotatable bonds is 4. The van der Waals surface area contributed by atoms with Gasteiger partial charge in [0, 0.05) is 30.3 Å². The first-order valence-corrected chi connectivity index (χ1v) is 9.42. The third-order valence-electron chi connectivity index (χ3n) is 5.11. The number of benzene rings is 2. The van der Waals surface area contributed by atoms with Crippen molar-refractivity contribution in [2.75, 3.05) is 17.3 Å². The van der Waals surface area contributed by atoms with Crippen LogP contribution < -0.4 is 10.2 Å². The summed E-state index contributed by atoms with van der Waals surface area (Å²) in [5.41, 5.74) is 1.35. The van der Waals surface area contributed by atoms with E-state index in [2.05, 4.69) is 5.32 Å². The highest BCUT2D eigenvalue weighted by molar-refractivity contribution is 6.31. The third kappa shape index (κ3) is 4.66. The molecular formula is C21H22ClFN2O2. The first kappa shape index (κ1) is 19.4. The van der Waals surface area contributed by atoms with Crippen LogP contribution in [-0.4, -0.2) is 18.9 Å². The highest BCUT2D eigenvalue weighted by Crippen LogP contribution is 2.32. The lowest BCUT2D eigenvalue weighted by atomic mass is 9.81. The minimum absolute atomic E-state index is 0.0222. The molecule has 0 bridgehead atoms. The van der Waals surface area contributed by atoms with Crippen LogP contribution in [0.1, 0.15) is 25.7 Å². The fourth-order valence-electron chi connectivity index (χ4n) is 3.47. The van der Waals surface area contributed by atoms with E-state index in [1.807, 2.05) is 30.3 Å². The lowest BCUT2D eigenvalue weighted by molar-refractivity contribution is -0.126. The second-order valence-electron chi connectivity index (χ2n) is 6.90. The molecule has 0 aliphatic heterocycles. The molecule has 1 fully saturated rings. The Morgan fingerprint density at radius 2 is 1.67 bits per heavy atom. The van der Waals surface area contributed by atoms with Crippen LogP contribution in [0.3, 0.4) is 0 Å². The summed E-state index contributed by atoms with van der Waals surface area (Å²) in [5.74, 6) is -0.763. The molecule has 1 N–H and O–H groups in total. The lowest BCUT2D eigenvalue weighted by Gasteiger charge is -2.30. The van der Waals surface area contributed by atoms with Crippen molar-refractivity contribution in [3.8, 4) is 0 Å². The average Bonchev–Trinajstić information content (AvgIpc) is 2.70. The molecule has 1 saturated carbocycles.